The van der Waals surface area contributed by atoms with E-state index in [1.165, 1.54) is 17.7 Å². The number of piperidine rings is 1. The van der Waals surface area contributed by atoms with E-state index in [4.69, 9.17) is 0 Å². The SMILES string of the molecule is Cc1[nH]c(/C=C2\C(=O)Nc3cccc(-c4ccc(F)cc4F)c32)c(C)c1C1CCN(C)CC1. The lowest BCUT2D eigenvalue weighted by Crippen LogP contribution is -2.29. The van der Waals surface area contributed by atoms with Crippen LogP contribution >= 0.6 is 0 Å². The van der Waals surface area contributed by atoms with E-state index in [2.05, 4.69) is 36.1 Å². The van der Waals surface area contributed by atoms with E-state index >= 15 is 0 Å². The minimum absolute atomic E-state index is 0.229. The summed E-state index contributed by atoms with van der Waals surface area (Å²) in [6.45, 7) is 6.34. The molecule has 0 bridgehead atoms. The van der Waals surface area contributed by atoms with Gasteiger partial charge in [0, 0.05) is 34.3 Å². The molecular formula is C27H27F2N3O. The number of rotatable bonds is 3. The van der Waals surface area contributed by atoms with Crippen molar-refractivity contribution in [2.45, 2.75) is 32.6 Å². The zero-order valence-corrected chi connectivity index (χ0v) is 19.1. The van der Waals surface area contributed by atoms with E-state index < -0.39 is 11.6 Å². The van der Waals surface area contributed by atoms with Gasteiger partial charge in [-0.1, -0.05) is 12.1 Å². The summed E-state index contributed by atoms with van der Waals surface area (Å²) in [6.07, 6.45) is 4.10. The molecule has 0 atom stereocenters. The molecule has 2 aliphatic heterocycles. The van der Waals surface area contributed by atoms with Gasteiger partial charge >= 0.3 is 0 Å². The van der Waals surface area contributed by atoms with Crippen molar-refractivity contribution in [3.8, 4) is 11.1 Å². The number of hydrogen-bond acceptors (Lipinski definition) is 2. The van der Waals surface area contributed by atoms with Crippen LogP contribution in [-0.2, 0) is 4.79 Å². The first-order valence-electron chi connectivity index (χ1n) is 11.3. The van der Waals surface area contributed by atoms with Crippen molar-refractivity contribution >= 4 is 23.2 Å². The van der Waals surface area contributed by atoms with Crippen LogP contribution < -0.4 is 5.32 Å². The Labute approximate surface area is 192 Å². The number of aryl methyl sites for hydroxylation is 1. The van der Waals surface area contributed by atoms with Gasteiger partial charge in [0.15, 0.2) is 0 Å². The van der Waals surface area contributed by atoms with Gasteiger partial charge in [0.1, 0.15) is 11.6 Å². The molecule has 3 heterocycles. The Morgan fingerprint density at radius 3 is 2.55 bits per heavy atom. The van der Waals surface area contributed by atoms with Gasteiger partial charge in [-0.05, 0) is 93.7 Å². The Bertz CT molecular complexity index is 1280. The van der Waals surface area contributed by atoms with Crippen molar-refractivity contribution in [3.63, 3.8) is 0 Å². The number of carbonyl (C=O) groups is 1. The lowest BCUT2D eigenvalue weighted by Gasteiger charge is -2.29. The predicted octanol–water partition coefficient (Wildman–Crippen LogP) is 5.88. The average molecular weight is 448 g/mol. The summed E-state index contributed by atoms with van der Waals surface area (Å²) >= 11 is 0. The normalized spacial score (nSPS) is 18.1. The molecule has 0 saturated carbocycles. The van der Waals surface area contributed by atoms with E-state index in [1.54, 1.807) is 18.2 Å². The molecule has 1 amide bonds. The van der Waals surface area contributed by atoms with E-state index in [9.17, 15) is 13.6 Å². The number of likely N-dealkylation sites (tertiary alicyclic amines) is 1. The second-order valence-electron chi connectivity index (χ2n) is 9.14. The molecule has 6 heteroatoms. The summed E-state index contributed by atoms with van der Waals surface area (Å²) in [5.74, 6) is -1.02. The zero-order chi connectivity index (χ0) is 23.3. The number of aromatic amines is 1. The highest BCUT2D eigenvalue weighted by molar-refractivity contribution is 6.36. The number of aromatic nitrogens is 1. The fourth-order valence-electron chi connectivity index (χ4n) is 5.31. The van der Waals surface area contributed by atoms with E-state index in [-0.39, 0.29) is 11.5 Å². The van der Waals surface area contributed by atoms with E-state index in [1.807, 2.05) is 6.08 Å². The number of fused-ring (bicyclic) bond motifs is 1. The van der Waals surface area contributed by atoms with Gasteiger partial charge in [0.05, 0.1) is 5.57 Å². The van der Waals surface area contributed by atoms with Crippen molar-refractivity contribution in [1.29, 1.82) is 0 Å². The predicted molar refractivity (Wildman–Crippen MR) is 128 cm³/mol. The quantitative estimate of drug-likeness (QED) is 0.493. The van der Waals surface area contributed by atoms with Gasteiger partial charge in [-0.25, -0.2) is 8.78 Å². The lowest BCUT2D eigenvalue weighted by molar-refractivity contribution is -0.110. The summed E-state index contributed by atoms with van der Waals surface area (Å²) in [5.41, 5.74) is 7.09. The summed E-state index contributed by atoms with van der Waals surface area (Å²) in [7, 11) is 2.15. The first-order valence-corrected chi connectivity index (χ1v) is 11.3. The fraction of sp³-hybridized carbons (Fsp3) is 0.296. The van der Waals surface area contributed by atoms with Crippen LogP contribution in [-0.4, -0.2) is 35.9 Å². The van der Waals surface area contributed by atoms with Crippen LogP contribution in [0.3, 0.4) is 0 Å². The van der Waals surface area contributed by atoms with Crippen molar-refractivity contribution < 1.29 is 13.6 Å². The molecule has 0 unspecified atom stereocenters. The van der Waals surface area contributed by atoms with Crippen molar-refractivity contribution in [1.82, 2.24) is 9.88 Å². The van der Waals surface area contributed by atoms with Crippen molar-refractivity contribution in [2.75, 3.05) is 25.5 Å². The second-order valence-corrected chi connectivity index (χ2v) is 9.14. The van der Waals surface area contributed by atoms with Gasteiger partial charge in [0.25, 0.3) is 5.91 Å². The summed E-state index contributed by atoms with van der Waals surface area (Å²) < 4.78 is 28.1. The largest absolute Gasteiger partial charge is 0.359 e. The van der Waals surface area contributed by atoms with Crippen LogP contribution in [0.1, 0.15) is 46.8 Å². The van der Waals surface area contributed by atoms with Gasteiger partial charge in [-0.2, -0.15) is 0 Å². The van der Waals surface area contributed by atoms with Crippen LogP contribution in [0.15, 0.2) is 36.4 Å². The summed E-state index contributed by atoms with van der Waals surface area (Å²) in [5, 5.41) is 2.89. The second kappa shape index (κ2) is 8.27. The standard InChI is InChI=1S/C27H27F2N3O/c1-15-24(30-16(2)25(15)17-9-11-32(3)12-10-17)14-21-26-20(5-4-6-23(26)31-27(21)33)19-8-7-18(28)13-22(19)29/h4-8,13-14,17,30H,9-12H2,1-3H3,(H,31,33)/b21-14-. The first kappa shape index (κ1) is 21.6. The Morgan fingerprint density at radius 1 is 1.06 bits per heavy atom. The monoisotopic (exact) mass is 447 g/mol. The first-order chi connectivity index (χ1) is 15.8. The maximum atomic E-state index is 14.6. The van der Waals surface area contributed by atoms with Crippen molar-refractivity contribution in [2.24, 2.45) is 0 Å². The third-order valence-corrected chi connectivity index (χ3v) is 7.00. The highest BCUT2D eigenvalue weighted by atomic mass is 19.1. The van der Waals surface area contributed by atoms with E-state index in [0.29, 0.717) is 28.3 Å². The van der Waals surface area contributed by atoms with Gasteiger partial charge < -0.3 is 15.2 Å². The molecule has 1 fully saturated rings. The Hall–Kier alpha value is -3.25. The van der Waals surface area contributed by atoms with Gasteiger partial charge in [-0.3, -0.25) is 4.79 Å². The lowest BCUT2D eigenvalue weighted by atomic mass is 9.87. The number of halogens is 2. The minimum atomic E-state index is -0.654. The molecule has 1 saturated heterocycles. The molecule has 5 rings (SSSR count). The summed E-state index contributed by atoms with van der Waals surface area (Å²) in [6, 6.07) is 8.85. The molecule has 1 aromatic heterocycles. The number of anilines is 1. The highest BCUT2D eigenvalue weighted by Crippen LogP contribution is 2.42. The molecule has 170 valence electrons. The van der Waals surface area contributed by atoms with Crippen LogP contribution in [0.4, 0.5) is 14.5 Å². The Kier molecular flexibility index (Phi) is 5.41. The third kappa shape index (κ3) is 3.78. The van der Waals surface area contributed by atoms with Crippen LogP contribution in [0.5, 0.6) is 0 Å². The number of hydrogen-bond donors (Lipinski definition) is 2. The van der Waals surface area contributed by atoms with Crippen molar-refractivity contribution in [3.05, 3.63) is 76.1 Å². The average Bonchev–Trinajstić information content (AvgIpc) is 3.24. The molecule has 3 aromatic rings. The molecule has 2 N–H and O–H groups in total. The van der Waals surface area contributed by atoms with Crippen LogP contribution in [0.2, 0.25) is 0 Å². The van der Waals surface area contributed by atoms with Crippen LogP contribution in [0.25, 0.3) is 22.8 Å². The van der Waals surface area contributed by atoms with Crippen LogP contribution in [0, 0.1) is 25.5 Å². The van der Waals surface area contributed by atoms with Gasteiger partial charge in [-0.15, -0.1) is 0 Å². The molecule has 0 aliphatic carbocycles. The molecule has 2 aliphatic rings. The smallest absolute Gasteiger partial charge is 0.256 e. The maximum absolute atomic E-state index is 14.6. The fourth-order valence-corrected chi connectivity index (χ4v) is 5.31. The molecule has 4 nitrogen and oxygen atoms in total. The Balaban J connectivity index is 1.60. The molecule has 0 spiro atoms. The number of benzene rings is 2. The molecule has 2 aromatic carbocycles. The van der Waals surface area contributed by atoms with Gasteiger partial charge in [0.2, 0.25) is 0 Å². The highest BCUT2D eigenvalue weighted by Gasteiger charge is 2.30. The summed E-state index contributed by atoms with van der Waals surface area (Å²) in [4.78, 5) is 18.8. The number of carbonyl (C=O) groups excluding carboxylic acids is 1. The maximum Gasteiger partial charge on any atom is 0.256 e. The molecule has 33 heavy (non-hydrogen) atoms. The number of H-pyrrole nitrogens is 1. The minimum Gasteiger partial charge on any atom is -0.359 e. The molecule has 0 radical (unpaired) electrons. The zero-order valence-electron chi connectivity index (χ0n) is 19.1. The third-order valence-electron chi connectivity index (χ3n) is 7.00. The molecular weight excluding hydrogens is 420 g/mol. The number of nitrogens with zero attached hydrogens (tertiary/aromatic N) is 1. The number of nitrogens with one attached hydrogen (secondary N) is 2. The Morgan fingerprint density at radius 2 is 1.82 bits per heavy atom. The van der Waals surface area contributed by atoms with E-state index in [0.717, 1.165) is 48.9 Å². The topological polar surface area (TPSA) is 48.1 Å². The number of amides is 1.